The number of carbonyl (C=O) groups is 1. The number of thiophene rings is 1. The molecular formula is C19H17FN2O3S. The lowest BCUT2D eigenvalue weighted by atomic mass is 10.2. The number of oxime groups is 1. The van der Waals surface area contributed by atoms with Crippen LogP contribution in [-0.2, 0) is 16.2 Å². The average Bonchev–Trinajstić information content (AvgIpc) is 3.32. The van der Waals surface area contributed by atoms with E-state index in [2.05, 4.69) is 10.5 Å². The van der Waals surface area contributed by atoms with Crippen molar-refractivity contribution in [1.29, 1.82) is 0 Å². The molecule has 0 aliphatic heterocycles. The molecule has 0 fully saturated rings. The van der Waals surface area contributed by atoms with Crippen molar-refractivity contribution < 1.29 is 18.4 Å². The van der Waals surface area contributed by atoms with E-state index in [-0.39, 0.29) is 18.3 Å². The molecule has 1 amide bonds. The molecule has 0 radical (unpaired) electrons. The SMILES string of the molecule is C/C(=N\OCC(=O)NCc1ccco1)c1ccc(-c2ccc(F)cc2)s1. The third-order valence-electron chi connectivity index (χ3n) is 3.53. The Labute approximate surface area is 154 Å². The number of hydrogen-bond acceptors (Lipinski definition) is 5. The third kappa shape index (κ3) is 4.80. The number of nitrogens with one attached hydrogen (secondary N) is 1. The summed E-state index contributed by atoms with van der Waals surface area (Å²) in [6.07, 6.45) is 1.55. The zero-order chi connectivity index (χ0) is 18.4. The minimum absolute atomic E-state index is 0.172. The molecule has 0 aliphatic rings. The molecule has 0 saturated carbocycles. The molecule has 2 heterocycles. The number of nitrogens with zero attached hydrogens (tertiary/aromatic N) is 1. The van der Waals surface area contributed by atoms with E-state index in [0.29, 0.717) is 18.0 Å². The monoisotopic (exact) mass is 372 g/mol. The highest BCUT2D eigenvalue weighted by atomic mass is 32.1. The minimum Gasteiger partial charge on any atom is -0.467 e. The number of halogens is 1. The first-order chi connectivity index (χ1) is 12.6. The molecule has 5 nitrogen and oxygen atoms in total. The van der Waals surface area contributed by atoms with Crippen LogP contribution in [0.2, 0.25) is 0 Å². The maximum atomic E-state index is 13.0. The van der Waals surface area contributed by atoms with Gasteiger partial charge in [0, 0.05) is 4.88 Å². The molecule has 0 bridgehead atoms. The lowest BCUT2D eigenvalue weighted by Crippen LogP contribution is -2.26. The summed E-state index contributed by atoms with van der Waals surface area (Å²) in [4.78, 5) is 18.7. The van der Waals surface area contributed by atoms with E-state index in [1.807, 2.05) is 12.1 Å². The molecule has 134 valence electrons. The maximum Gasteiger partial charge on any atom is 0.261 e. The lowest BCUT2D eigenvalue weighted by molar-refractivity contribution is -0.125. The molecule has 0 unspecified atom stereocenters. The van der Waals surface area contributed by atoms with Gasteiger partial charge < -0.3 is 14.6 Å². The number of carbonyl (C=O) groups excluding carboxylic acids is 1. The van der Waals surface area contributed by atoms with E-state index < -0.39 is 0 Å². The van der Waals surface area contributed by atoms with Crippen molar-refractivity contribution in [3.05, 3.63) is 71.2 Å². The van der Waals surface area contributed by atoms with Gasteiger partial charge in [0.05, 0.1) is 23.4 Å². The number of furan rings is 1. The summed E-state index contributed by atoms with van der Waals surface area (Å²) in [5.41, 5.74) is 1.61. The Hall–Kier alpha value is -2.93. The maximum absolute atomic E-state index is 13.0. The lowest BCUT2D eigenvalue weighted by Gasteiger charge is -2.03. The zero-order valence-electron chi connectivity index (χ0n) is 14.1. The second kappa shape index (κ2) is 8.44. The van der Waals surface area contributed by atoms with E-state index in [1.165, 1.54) is 23.5 Å². The van der Waals surface area contributed by atoms with Gasteiger partial charge in [-0.2, -0.15) is 0 Å². The van der Waals surface area contributed by atoms with Gasteiger partial charge in [0.1, 0.15) is 11.6 Å². The molecule has 2 aromatic heterocycles. The van der Waals surface area contributed by atoms with Crippen LogP contribution in [-0.4, -0.2) is 18.2 Å². The Bertz CT molecular complexity index is 886. The quantitative estimate of drug-likeness (QED) is 0.499. The molecule has 0 atom stereocenters. The largest absolute Gasteiger partial charge is 0.467 e. The fourth-order valence-corrected chi connectivity index (χ4v) is 3.13. The van der Waals surface area contributed by atoms with Crippen molar-refractivity contribution in [1.82, 2.24) is 5.32 Å². The molecule has 0 saturated heterocycles. The molecule has 0 aliphatic carbocycles. The molecule has 7 heteroatoms. The highest BCUT2D eigenvalue weighted by Crippen LogP contribution is 2.28. The van der Waals surface area contributed by atoms with Crippen LogP contribution < -0.4 is 5.32 Å². The number of rotatable bonds is 7. The molecule has 26 heavy (non-hydrogen) atoms. The molecule has 3 aromatic rings. The Kier molecular flexibility index (Phi) is 5.80. The van der Waals surface area contributed by atoms with Crippen LogP contribution in [0.1, 0.15) is 17.6 Å². The first-order valence-electron chi connectivity index (χ1n) is 7.93. The van der Waals surface area contributed by atoms with Gasteiger partial charge in [0.2, 0.25) is 0 Å². The van der Waals surface area contributed by atoms with E-state index in [4.69, 9.17) is 9.25 Å². The van der Waals surface area contributed by atoms with Crippen molar-refractivity contribution in [2.24, 2.45) is 5.16 Å². The highest BCUT2D eigenvalue weighted by Gasteiger charge is 2.07. The number of hydrogen-bond donors (Lipinski definition) is 1. The molecule has 0 spiro atoms. The van der Waals surface area contributed by atoms with Gasteiger partial charge in [-0.15, -0.1) is 11.3 Å². The summed E-state index contributed by atoms with van der Waals surface area (Å²) in [6.45, 7) is 1.94. The first kappa shape index (κ1) is 17.9. The second-order valence-corrected chi connectivity index (χ2v) is 6.56. The Morgan fingerprint density at radius 2 is 2.04 bits per heavy atom. The van der Waals surface area contributed by atoms with Crippen LogP contribution in [0.4, 0.5) is 4.39 Å². The predicted molar refractivity (Wildman–Crippen MR) is 98.4 cm³/mol. The zero-order valence-corrected chi connectivity index (χ0v) is 14.9. The van der Waals surface area contributed by atoms with Crippen LogP contribution in [0.3, 0.4) is 0 Å². The van der Waals surface area contributed by atoms with Crippen LogP contribution in [0.15, 0.2) is 64.4 Å². The van der Waals surface area contributed by atoms with Crippen LogP contribution >= 0.6 is 11.3 Å². The van der Waals surface area contributed by atoms with Gasteiger partial charge in [0.15, 0.2) is 6.61 Å². The Morgan fingerprint density at radius 1 is 1.23 bits per heavy atom. The van der Waals surface area contributed by atoms with Gasteiger partial charge >= 0.3 is 0 Å². The molecule has 1 N–H and O–H groups in total. The van der Waals surface area contributed by atoms with Crippen molar-refractivity contribution >= 4 is 23.0 Å². The van der Waals surface area contributed by atoms with E-state index in [0.717, 1.165) is 15.3 Å². The normalized spacial score (nSPS) is 11.4. The van der Waals surface area contributed by atoms with E-state index in [9.17, 15) is 9.18 Å². The molecular weight excluding hydrogens is 355 g/mol. The van der Waals surface area contributed by atoms with Crippen LogP contribution in [0.5, 0.6) is 0 Å². The standard InChI is InChI=1S/C19H17FN2O3S/c1-13(22-25-12-19(23)21-11-16-3-2-10-24-16)17-8-9-18(26-17)14-4-6-15(20)7-5-14/h2-10H,11-12H2,1H3,(H,21,23)/b22-13+. The summed E-state index contributed by atoms with van der Waals surface area (Å²) in [7, 11) is 0. The van der Waals surface area contributed by atoms with Gasteiger partial charge in [-0.25, -0.2) is 4.39 Å². The fourth-order valence-electron chi connectivity index (χ4n) is 2.18. The first-order valence-corrected chi connectivity index (χ1v) is 8.75. The van der Waals surface area contributed by atoms with Crippen LogP contribution in [0.25, 0.3) is 10.4 Å². The van der Waals surface area contributed by atoms with Crippen molar-refractivity contribution in [3.63, 3.8) is 0 Å². The van der Waals surface area contributed by atoms with Crippen LogP contribution in [0, 0.1) is 5.82 Å². The number of amides is 1. The minimum atomic E-state index is -0.281. The smallest absolute Gasteiger partial charge is 0.261 e. The second-order valence-electron chi connectivity index (χ2n) is 5.48. The fraction of sp³-hybridized carbons (Fsp3) is 0.158. The topological polar surface area (TPSA) is 63.8 Å². The summed E-state index contributed by atoms with van der Waals surface area (Å²) < 4.78 is 18.1. The Morgan fingerprint density at radius 3 is 2.77 bits per heavy atom. The Balaban J connectivity index is 1.51. The summed E-state index contributed by atoms with van der Waals surface area (Å²) >= 11 is 1.52. The van der Waals surface area contributed by atoms with E-state index in [1.54, 1.807) is 37.5 Å². The van der Waals surface area contributed by atoms with Gasteiger partial charge in [-0.1, -0.05) is 17.3 Å². The summed E-state index contributed by atoms with van der Waals surface area (Å²) in [5, 5.41) is 6.66. The molecule has 1 aromatic carbocycles. The summed E-state index contributed by atoms with van der Waals surface area (Å²) in [6, 6.07) is 13.7. The van der Waals surface area contributed by atoms with Gasteiger partial charge in [0.25, 0.3) is 5.91 Å². The highest BCUT2D eigenvalue weighted by molar-refractivity contribution is 7.17. The third-order valence-corrected chi connectivity index (χ3v) is 4.77. The van der Waals surface area contributed by atoms with E-state index >= 15 is 0 Å². The van der Waals surface area contributed by atoms with Crippen molar-refractivity contribution in [2.75, 3.05) is 6.61 Å². The van der Waals surface area contributed by atoms with Gasteiger partial charge in [-0.05, 0) is 48.9 Å². The van der Waals surface area contributed by atoms with Crippen molar-refractivity contribution in [2.45, 2.75) is 13.5 Å². The average molecular weight is 372 g/mol. The van der Waals surface area contributed by atoms with Gasteiger partial charge in [-0.3, -0.25) is 4.79 Å². The predicted octanol–water partition coefficient (Wildman–Crippen LogP) is 4.20. The summed E-state index contributed by atoms with van der Waals surface area (Å²) in [5.74, 6) is 0.128. The number of benzene rings is 1. The van der Waals surface area contributed by atoms with Crippen molar-refractivity contribution in [3.8, 4) is 10.4 Å². The molecule has 3 rings (SSSR count).